The van der Waals surface area contributed by atoms with Gasteiger partial charge < -0.3 is 14.2 Å². The average molecular weight is 807 g/mol. The third kappa shape index (κ3) is 45.3. The maximum atomic E-state index is 12.8. The van der Waals surface area contributed by atoms with Gasteiger partial charge in [-0.3, -0.25) is 14.4 Å². The Morgan fingerprint density at radius 1 is 0.333 bits per heavy atom. The molecule has 6 nitrogen and oxygen atoms in total. The van der Waals surface area contributed by atoms with Gasteiger partial charge in [0.25, 0.3) is 0 Å². The summed E-state index contributed by atoms with van der Waals surface area (Å²) in [5, 5.41) is 0. The molecule has 0 heterocycles. The highest BCUT2D eigenvalue weighted by Crippen LogP contribution is 2.17. The molecule has 0 aliphatic rings. The fourth-order valence-corrected chi connectivity index (χ4v) is 7.69. The van der Waals surface area contributed by atoms with Crippen molar-refractivity contribution in [2.24, 2.45) is 5.92 Å². The van der Waals surface area contributed by atoms with Crippen LogP contribution >= 0.6 is 0 Å². The van der Waals surface area contributed by atoms with E-state index in [1.54, 1.807) is 0 Å². The lowest BCUT2D eigenvalue weighted by Gasteiger charge is -2.18. The highest BCUT2D eigenvalue weighted by molar-refractivity contribution is 5.71. The Bertz CT molecular complexity index is 857. The zero-order chi connectivity index (χ0) is 41.7. The molecule has 0 aromatic carbocycles. The number of esters is 3. The number of unbranched alkanes of at least 4 members (excludes halogenated alkanes) is 33. The standard InChI is InChI=1S/C51H98O6/c1-5-7-9-11-13-15-17-19-21-22-24-26-28-30-36-40-44-51(54)57-48(46-56-50(53)43-39-35-32-31-33-37-41-47(3)4)45-55-49(52)42-38-34-29-27-25-23-20-18-16-14-12-10-8-6-2/h47-48H,5-46H2,1-4H3/t48-/m1/s1. The van der Waals surface area contributed by atoms with E-state index in [1.165, 1.54) is 180 Å². The van der Waals surface area contributed by atoms with E-state index in [0.29, 0.717) is 19.3 Å². The Kier molecular flexibility index (Phi) is 44.2. The van der Waals surface area contributed by atoms with Gasteiger partial charge >= 0.3 is 17.9 Å². The van der Waals surface area contributed by atoms with Crippen LogP contribution < -0.4 is 0 Å². The molecule has 57 heavy (non-hydrogen) atoms. The maximum Gasteiger partial charge on any atom is 0.306 e. The number of hydrogen-bond acceptors (Lipinski definition) is 6. The molecule has 0 rings (SSSR count). The minimum atomic E-state index is -0.760. The molecule has 0 saturated carbocycles. The lowest BCUT2D eigenvalue weighted by molar-refractivity contribution is -0.167. The van der Waals surface area contributed by atoms with Crippen LogP contribution in [-0.4, -0.2) is 37.2 Å². The van der Waals surface area contributed by atoms with Gasteiger partial charge in [0.15, 0.2) is 6.10 Å². The summed E-state index contributed by atoms with van der Waals surface area (Å²) in [4.78, 5) is 37.8. The van der Waals surface area contributed by atoms with Crippen molar-refractivity contribution in [1.82, 2.24) is 0 Å². The van der Waals surface area contributed by atoms with Crippen molar-refractivity contribution in [2.75, 3.05) is 13.2 Å². The summed E-state index contributed by atoms with van der Waals surface area (Å²) in [6, 6.07) is 0. The van der Waals surface area contributed by atoms with E-state index in [9.17, 15) is 14.4 Å². The molecule has 0 aromatic heterocycles. The molecule has 0 bridgehead atoms. The first-order valence-electron chi connectivity index (χ1n) is 25.4. The Balaban J connectivity index is 4.27. The normalized spacial score (nSPS) is 11.9. The molecular weight excluding hydrogens is 709 g/mol. The van der Waals surface area contributed by atoms with E-state index in [-0.39, 0.29) is 31.1 Å². The van der Waals surface area contributed by atoms with Gasteiger partial charge in [-0.25, -0.2) is 0 Å². The highest BCUT2D eigenvalue weighted by atomic mass is 16.6. The average Bonchev–Trinajstić information content (AvgIpc) is 3.19. The van der Waals surface area contributed by atoms with Crippen LogP contribution in [0.2, 0.25) is 0 Å². The Labute approximate surface area is 355 Å². The van der Waals surface area contributed by atoms with Crippen molar-refractivity contribution in [3.63, 3.8) is 0 Å². The molecule has 0 amide bonds. The molecule has 0 N–H and O–H groups in total. The van der Waals surface area contributed by atoms with E-state index in [4.69, 9.17) is 14.2 Å². The number of carbonyl (C=O) groups is 3. The predicted molar refractivity (Wildman–Crippen MR) is 243 cm³/mol. The second kappa shape index (κ2) is 45.5. The summed E-state index contributed by atoms with van der Waals surface area (Å²) in [7, 11) is 0. The molecule has 0 radical (unpaired) electrons. The van der Waals surface area contributed by atoms with Crippen molar-refractivity contribution in [3.05, 3.63) is 0 Å². The minimum absolute atomic E-state index is 0.0637. The van der Waals surface area contributed by atoms with Crippen molar-refractivity contribution in [2.45, 2.75) is 291 Å². The molecule has 0 aliphatic heterocycles. The van der Waals surface area contributed by atoms with Gasteiger partial charge in [0, 0.05) is 19.3 Å². The molecule has 0 aliphatic carbocycles. The van der Waals surface area contributed by atoms with Crippen LogP contribution in [0.3, 0.4) is 0 Å². The van der Waals surface area contributed by atoms with E-state index in [2.05, 4.69) is 27.7 Å². The zero-order valence-electron chi connectivity index (χ0n) is 38.8. The number of ether oxygens (including phenoxy) is 3. The molecular formula is C51H98O6. The van der Waals surface area contributed by atoms with Crippen LogP contribution in [0.25, 0.3) is 0 Å². The predicted octanol–water partition coefficient (Wildman–Crippen LogP) is 16.3. The van der Waals surface area contributed by atoms with Gasteiger partial charge in [0.05, 0.1) is 0 Å². The topological polar surface area (TPSA) is 78.9 Å². The zero-order valence-corrected chi connectivity index (χ0v) is 38.8. The van der Waals surface area contributed by atoms with Crippen molar-refractivity contribution in [3.8, 4) is 0 Å². The van der Waals surface area contributed by atoms with Crippen LogP contribution in [0.1, 0.15) is 285 Å². The Hall–Kier alpha value is -1.59. The summed E-state index contributed by atoms with van der Waals surface area (Å²) >= 11 is 0. The Morgan fingerprint density at radius 3 is 0.860 bits per heavy atom. The van der Waals surface area contributed by atoms with Gasteiger partial charge in [-0.15, -0.1) is 0 Å². The quantitative estimate of drug-likeness (QED) is 0.0346. The van der Waals surface area contributed by atoms with Crippen LogP contribution in [0, 0.1) is 5.92 Å². The number of carbonyl (C=O) groups excluding carboxylic acids is 3. The van der Waals surface area contributed by atoms with E-state index in [0.717, 1.165) is 63.7 Å². The molecule has 0 spiro atoms. The van der Waals surface area contributed by atoms with E-state index >= 15 is 0 Å². The molecule has 0 unspecified atom stereocenters. The largest absolute Gasteiger partial charge is 0.462 e. The summed E-state index contributed by atoms with van der Waals surface area (Å²) in [5.41, 5.74) is 0. The molecule has 0 saturated heterocycles. The van der Waals surface area contributed by atoms with Crippen molar-refractivity contribution in [1.29, 1.82) is 0 Å². The van der Waals surface area contributed by atoms with Gasteiger partial charge in [-0.05, 0) is 25.2 Å². The number of hydrogen-bond donors (Lipinski definition) is 0. The van der Waals surface area contributed by atoms with Gasteiger partial charge in [0.2, 0.25) is 0 Å². The first-order chi connectivity index (χ1) is 27.9. The molecule has 338 valence electrons. The first kappa shape index (κ1) is 55.4. The summed E-state index contributed by atoms with van der Waals surface area (Å²) < 4.78 is 16.8. The summed E-state index contributed by atoms with van der Waals surface area (Å²) in [6.45, 7) is 8.95. The van der Waals surface area contributed by atoms with Crippen LogP contribution in [0.15, 0.2) is 0 Å². The molecule has 6 heteroatoms. The SMILES string of the molecule is CCCCCCCCCCCCCCCCCCC(=O)O[C@H](COC(=O)CCCCCCCCCCCCCCCC)COC(=O)CCCCCCCCC(C)C. The third-order valence-corrected chi connectivity index (χ3v) is 11.5. The smallest absolute Gasteiger partial charge is 0.306 e. The fraction of sp³-hybridized carbons (Fsp3) is 0.941. The second-order valence-corrected chi connectivity index (χ2v) is 17.9. The van der Waals surface area contributed by atoms with Crippen LogP contribution in [0.5, 0.6) is 0 Å². The van der Waals surface area contributed by atoms with Gasteiger partial charge in [-0.2, -0.15) is 0 Å². The molecule has 0 fully saturated rings. The van der Waals surface area contributed by atoms with Gasteiger partial charge in [-0.1, -0.05) is 246 Å². The lowest BCUT2D eigenvalue weighted by atomic mass is 10.0. The summed E-state index contributed by atoms with van der Waals surface area (Å²) in [5.74, 6) is -0.0871. The van der Waals surface area contributed by atoms with E-state index < -0.39 is 6.10 Å². The highest BCUT2D eigenvalue weighted by Gasteiger charge is 2.19. The van der Waals surface area contributed by atoms with E-state index in [1.807, 2.05) is 0 Å². The fourth-order valence-electron chi connectivity index (χ4n) is 7.69. The van der Waals surface area contributed by atoms with Crippen LogP contribution in [0.4, 0.5) is 0 Å². The molecule has 1 atom stereocenters. The monoisotopic (exact) mass is 807 g/mol. The first-order valence-corrected chi connectivity index (χ1v) is 25.4. The van der Waals surface area contributed by atoms with Crippen molar-refractivity contribution < 1.29 is 28.6 Å². The van der Waals surface area contributed by atoms with Crippen LogP contribution in [-0.2, 0) is 28.6 Å². The Morgan fingerprint density at radius 2 is 0.579 bits per heavy atom. The third-order valence-electron chi connectivity index (χ3n) is 11.5. The van der Waals surface area contributed by atoms with Gasteiger partial charge in [0.1, 0.15) is 13.2 Å². The maximum absolute atomic E-state index is 12.8. The minimum Gasteiger partial charge on any atom is -0.462 e. The number of rotatable bonds is 46. The molecule has 0 aromatic rings. The second-order valence-electron chi connectivity index (χ2n) is 17.9. The summed E-state index contributed by atoms with van der Waals surface area (Å²) in [6.07, 6.45) is 46.7. The lowest BCUT2D eigenvalue weighted by Crippen LogP contribution is -2.30. The van der Waals surface area contributed by atoms with Crippen molar-refractivity contribution >= 4 is 17.9 Å².